The van der Waals surface area contributed by atoms with E-state index < -0.39 is 0 Å². The predicted octanol–water partition coefficient (Wildman–Crippen LogP) is 5.28. The van der Waals surface area contributed by atoms with Gasteiger partial charge in [-0.3, -0.25) is 0 Å². The van der Waals surface area contributed by atoms with Crippen molar-refractivity contribution < 1.29 is 0 Å². The summed E-state index contributed by atoms with van der Waals surface area (Å²) in [5.74, 6) is 5.39. The Kier molecular flexibility index (Phi) is 3.04. The van der Waals surface area contributed by atoms with Crippen LogP contribution in [0.3, 0.4) is 0 Å². The van der Waals surface area contributed by atoms with E-state index in [-0.39, 0.29) is 0 Å². The Morgan fingerprint density at radius 2 is 1.47 bits per heavy atom. The molecule has 0 atom stereocenters. The maximum absolute atomic E-state index is 2.53. The first kappa shape index (κ1) is 12.1. The highest BCUT2D eigenvalue weighted by Crippen LogP contribution is 2.66. The van der Waals surface area contributed by atoms with Gasteiger partial charge in [-0.1, -0.05) is 33.6 Å². The van der Waals surface area contributed by atoms with Gasteiger partial charge in [0.25, 0.3) is 0 Å². The molecule has 17 heavy (non-hydrogen) atoms. The molecule has 0 heterocycles. The van der Waals surface area contributed by atoms with Crippen LogP contribution in [0.4, 0.5) is 0 Å². The second kappa shape index (κ2) is 4.28. The van der Waals surface area contributed by atoms with Crippen molar-refractivity contribution in [2.75, 3.05) is 0 Å². The summed E-state index contributed by atoms with van der Waals surface area (Å²) in [6.07, 6.45) is 12.4. The fraction of sp³-hybridized carbons (Fsp3) is 1.00. The second-order valence-corrected chi connectivity index (χ2v) is 7.68. The SMILES string of the molecule is CCCCC1(C(C)C)C2CC3CC(C2)CC1C3. The van der Waals surface area contributed by atoms with E-state index in [1.54, 1.807) is 32.1 Å². The Hall–Kier alpha value is 0. The van der Waals surface area contributed by atoms with Gasteiger partial charge in [0.05, 0.1) is 0 Å². The Labute approximate surface area is 108 Å². The van der Waals surface area contributed by atoms with Gasteiger partial charge < -0.3 is 0 Å². The molecule has 0 nitrogen and oxygen atoms in total. The van der Waals surface area contributed by atoms with Crippen LogP contribution in [-0.4, -0.2) is 0 Å². The lowest BCUT2D eigenvalue weighted by molar-refractivity contribution is -0.139. The Morgan fingerprint density at radius 1 is 0.941 bits per heavy atom. The van der Waals surface area contributed by atoms with Crippen molar-refractivity contribution in [3.63, 3.8) is 0 Å². The van der Waals surface area contributed by atoms with Crippen LogP contribution in [0.1, 0.15) is 72.1 Å². The number of rotatable bonds is 4. The highest BCUT2D eigenvalue weighted by Gasteiger charge is 2.57. The average molecular weight is 234 g/mol. The van der Waals surface area contributed by atoms with Crippen LogP contribution in [0.5, 0.6) is 0 Å². The van der Waals surface area contributed by atoms with E-state index in [4.69, 9.17) is 0 Å². The molecule has 4 saturated carbocycles. The van der Waals surface area contributed by atoms with E-state index in [2.05, 4.69) is 20.8 Å². The topological polar surface area (TPSA) is 0 Å². The van der Waals surface area contributed by atoms with Crippen molar-refractivity contribution in [2.45, 2.75) is 72.1 Å². The molecule has 0 aromatic heterocycles. The zero-order valence-corrected chi connectivity index (χ0v) is 12.0. The zero-order valence-electron chi connectivity index (χ0n) is 12.0. The second-order valence-electron chi connectivity index (χ2n) is 7.68. The Balaban J connectivity index is 1.87. The lowest BCUT2D eigenvalue weighted by atomic mass is 9.42. The molecule has 0 saturated heterocycles. The summed E-state index contributed by atoms with van der Waals surface area (Å²) in [4.78, 5) is 0. The van der Waals surface area contributed by atoms with Gasteiger partial charge in [0.1, 0.15) is 0 Å². The number of unbranched alkanes of at least 4 members (excludes halogenated alkanes) is 1. The summed E-state index contributed by atoms with van der Waals surface area (Å²) in [5.41, 5.74) is 0.753. The van der Waals surface area contributed by atoms with Crippen molar-refractivity contribution in [3.8, 4) is 0 Å². The normalized spacial score (nSPS) is 48.0. The third-order valence-electron chi connectivity index (χ3n) is 6.70. The van der Waals surface area contributed by atoms with Gasteiger partial charge in [-0.25, -0.2) is 0 Å². The summed E-state index contributed by atoms with van der Waals surface area (Å²) in [7, 11) is 0. The van der Waals surface area contributed by atoms with Crippen LogP contribution < -0.4 is 0 Å². The summed E-state index contributed by atoms with van der Waals surface area (Å²) >= 11 is 0. The van der Waals surface area contributed by atoms with E-state index in [0.717, 1.165) is 35.0 Å². The molecule has 98 valence electrons. The molecule has 4 aliphatic carbocycles. The van der Waals surface area contributed by atoms with Crippen LogP contribution >= 0.6 is 0 Å². The molecule has 0 aliphatic heterocycles. The van der Waals surface area contributed by atoms with E-state index in [9.17, 15) is 0 Å². The van der Waals surface area contributed by atoms with Crippen molar-refractivity contribution in [2.24, 2.45) is 35.0 Å². The quantitative estimate of drug-likeness (QED) is 0.621. The smallest absolute Gasteiger partial charge is 0.0217 e. The lowest BCUT2D eigenvalue weighted by Crippen LogP contribution is -2.55. The van der Waals surface area contributed by atoms with Gasteiger partial charge in [-0.15, -0.1) is 0 Å². The molecule has 0 N–H and O–H groups in total. The molecule has 0 heteroatoms. The fourth-order valence-electron chi connectivity index (χ4n) is 6.18. The first-order valence-electron chi connectivity index (χ1n) is 8.16. The van der Waals surface area contributed by atoms with Gasteiger partial charge >= 0.3 is 0 Å². The van der Waals surface area contributed by atoms with E-state index in [0.29, 0.717) is 0 Å². The van der Waals surface area contributed by atoms with Crippen LogP contribution in [0, 0.1) is 35.0 Å². The molecule has 0 aromatic rings. The summed E-state index contributed by atoms with van der Waals surface area (Å²) in [6.45, 7) is 7.42. The predicted molar refractivity (Wildman–Crippen MR) is 73.8 cm³/mol. The summed E-state index contributed by atoms with van der Waals surface area (Å²) in [5, 5.41) is 0. The van der Waals surface area contributed by atoms with Crippen molar-refractivity contribution in [3.05, 3.63) is 0 Å². The van der Waals surface area contributed by atoms with E-state index in [1.165, 1.54) is 19.3 Å². The largest absolute Gasteiger partial charge is 0.0654 e. The van der Waals surface area contributed by atoms with Gasteiger partial charge in [-0.2, -0.15) is 0 Å². The molecule has 0 amide bonds. The molecule has 4 fully saturated rings. The third kappa shape index (κ3) is 1.70. The first-order chi connectivity index (χ1) is 8.16. The monoisotopic (exact) mass is 234 g/mol. The highest BCUT2D eigenvalue weighted by molar-refractivity contribution is 5.06. The molecule has 0 radical (unpaired) electrons. The fourth-order valence-corrected chi connectivity index (χ4v) is 6.18. The van der Waals surface area contributed by atoms with Gasteiger partial charge in [-0.05, 0) is 73.5 Å². The van der Waals surface area contributed by atoms with Crippen molar-refractivity contribution in [1.82, 2.24) is 0 Å². The van der Waals surface area contributed by atoms with Gasteiger partial charge in [0.2, 0.25) is 0 Å². The Bertz CT molecular complexity index is 248. The molecule has 4 bridgehead atoms. The minimum Gasteiger partial charge on any atom is -0.0654 e. The van der Waals surface area contributed by atoms with E-state index in [1.807, 2.05) is 0 Å². The lowest BCUT2D eigenvalue weighted by Gasteiger charge is -2.63. The summed E-state index contributed by atoms with van der Waals surface area (Å²) < 4.78 is 0. The third-order valence-corrected chi connectivity index (χ3v) is 6.70. The van der Waals surface area contributed by atoms with Crippen molar-refractivity contribution in [1.29, 1.82) is 0 Å². The number of hydrogen-bond acceptors (Lipinski definition) is 0. The molecule has 4 aliphatic rings. The van der Waals surface area contributed by atoms with Crippen LogP contribution in [0.25, 0.3) is 0 Å². The minimum absolute atomic E-state index is 0.753. The molecule has 0 aromatic carbocycles. The number of hydrogen-bond donors (Lipinski definition) is 0. The maximum Gasteiger partial charge on any atom is -0.0217 e. The maximum atomic E-state index is 2.53. The first-order valence-corrected chi connectivity index (χ1v) is 8.16. The molecule has 0 unspecified atom stereocenters. The Morgan fingerprint density at radius 3 is 1.88 bits per heavy atom. The average Bonchev–Trinajstić information content (AvgIpc) is 2.27. The molecule has 0 spiro atoms. The van der Waals surface area contributed by atoms with Crippen LogP contribution in [0.2, 0.25) is 0 Å². The van der Waals surface area contributed by atoms with E-state index >= 15 is 0 Å². The van der Waals surface area contributed by atoms with Gasteiger partial charge in [0.15, 0.2) is 0 Å². The molecular weight excluding hydrogens is 204 g/mol. The van der Waals surface area contributed by atoms with Gasteiger partial charge in [0, 0.05) is 0 Å². The summed E-state index contributed by atoms with van der Waals surface area (Å²) in [6, 6.07) is 0. The highest BCUT2D eigenvalue weighted by atomic mass is 14.6. The standard InChI is InChI=1S/C17H30/c1-4-5-6-17(12(2)3)15-8-13-7-14(10-15)11-16(17)9-13/h12-16H,4-11H2,1-3H3. The molecule has 4 rings (SSSR count). The minimum atomic E-state index is 0.753. The van der Waals surface area contributed by atoms with Crippen LogP contribution in [-0.2, 0) is 0 Å². The van der Waals surface area contributed by atoms with Crippen molar-refractivity contribution >= 4 is 0 Å². The van der Waals surface area contributed by atoms with Crippen LogP contribution in [0.15, 0.2) is 0 Å². The zero-order chi connectivity index (χ0) is 12.0. The molecular formula is C17H30.